The lowest BCUT2D eigenvalue weighted by molar-refractivity contribution is 1.46. The minimum absolute atomic E-state index is 0.986. The quantitative estimate of drug-likeness (QED) is 0.325. The van der Waals surface area contributed by atoms with Crippen LogP contribution in [0.25, 0.3) is 21.8 Å². The van der Waals surface area contributed by atoms with Gasteiger partial charge in [0.15, 0.2) is 0 Å². The Morgan fingerprint density at radius 2 is 1.22 bits per heavy atom. The summed E-state index contributed by atoms with van der Waals surface area (Å²) in [6, 6.07) is 24.7. The van der Waals surface area contributed by atoms with Gasteiger partial charge in [0.05, 0.1) is 11.0 Å². The zero-order chi connectivity index (χ0) is 15.6. The molecule has 0 saturated carbocycles. The van der Waals surface area contributed by atoms with Crippen molar-refractivity contribution in [1.29, 1.82) is 0 Å². The summed E-state index contributed by atoms with van der Waals surface area (Å²) >= 11 is 0. The van der Waals surface area contributed by atoms with Crippen LogP contribution >= 0.6 is 0 Å². The van der Waals surface area contributed by atoms with Crippen LogP contribution in [0.15, 0.2) is 72.8 Å². The molecule has 23 heavy (non-hydrogen) atoms. The maximum atomic E-state index is 4.74. The van der Waals surface area contributed by atoms with Crippen LogP contribution in [0, 0.1) is 18.8 Å². The lowest BCUT2D eigenvalue weighted by atomic mass is 10.0. The largest absolute Gasteiger partial charge is 0.248 e. The lowest BCUT2D eigenvalue weighted by Gasteiger charge is -2.05. The third-order valence-corrected chi connectivity index (χ3v) is 3.97. The Hall–Kier alpha value is -3.11. The number of aromatic nitrogens is 1. The van der Waals surface area contributed by atoms with Gasteiger partial charge in [0.25, 0.3) is 0 Å². The van der Waals surface area contributed by atoms with Crippen LogP contribution in [-0.4, -0.2) is 4.98 Å². The van der Waals surface area contributed by atoms with Gasteiger partial charge in [-0.25, -0.2) is 4.98 Å². The first kappa shape index (κ1) is 13.5. The zero-order valence-electron chi connectivity index (χ0n) is 12.9. The van der Waals surface area contributed by atoms with Gasteiger partial charge in [0, 0.05) is 21.9 Å². The number of hydrogen-bond donors (Lipinski definition) is 0. The summed E-state index contributed by atoms with van der Waals surface area (Å²) in [6.07, 6.45) is 0. The molecule has 4 rings (SSSR count). The number of nitrogens with zero attached hydrogens (tertiary/aromatic N) is 1. The third-order valence-electron chi connectivity index (χ3n) is 3.97. The number of benzene rings is 3. The summed E-state index contributed by atoms with van der Waals surface area (Å²) in [7, 11) is 0. The van der Waals surface area contributed by atoms with E-state index in [0.717, 1.165) is 32.9 Å². The van der Waals surface area contributed by atoms with Crippen LogP contribution in [0.5, 0.6) is 0 Å². The Bertz CT molecular complexity index is 1010. The Kier molecular flexibility index (Phi) is 3.29. The number of rotatable bonds is 0. The van der Waals surface area contributed by atoms with Gasteiger partial charge in [-0.2, -0.15) is 0 Å². The fourth-order valence-electron chi connectivity index (χ4n) is 2.75. The molecule has 1 nitrogen and oxygen atoms in total. The maximum absolute atomic E-state index is 4.74. The van der Waals surface area contributed by atoms with Crippen LogP contribution in [0.4, 0.5) is 0 Å². The van der Waals surface area contributed by atoms with Crippen LogP contribution < -0.4 is 0 Å². The van der Waals surface area contributed by atoms with E-state index in [1.165, 1.54) is 5.56 Å². The van der Waals surface area contributed by atoms with E-state index in [4.69, 9.17) is 4.98 Å². The van der Waals surface area contributed by atoms with Crippen LogP contribution in [-0.2, 0) is 0 Å². The molecule has 0 unspecified atom stereocenters. The molecule has 0 fully saturated rings. The van der Waals surface area contributed by atoms with Gasteiger partial charge < -0.3 is 0 Å². The summed E-state index contributed by atoms with van der Waals surface area (Å²) in [5.74, 6) is 6.67. The van der Waals surface area contributed by atoms with E-state index in [-0.39, 0.29) is 0 Å². The lowest BCUT2D eigenvalue weighted by Crippen LogP contribution is -1.88. The molecule has 0 spiro atoms. The highest BCUT2D eigenvalue weighted by Gasteiger charge is 2.06. The number of aryl methyl sites for hydroxylation is 1. The van der Waals surface area contributed by atoms with Gasteiger partial charge in [-0.15, -0.1) is 0 Å². The highest BCUT2D eigenvalue weighted by Crippen LogP contribution is 2.25. The van der Waals surface area contributed by atoms with Gasteiger partial charge in [-0.1, -0.05) is 65.9 Å². The van der Waals surface area contributed by atoms with Crippen molar-refractivity contribution in [3.63, 3.8) is 0 Å². The van der Waals surface area contributed by atoms with Crippen LogP contribution in [0.3, 0.4) is 0 Å². The van der Waals surface area contributed by atoms with E-state index < -0.39 is 0 Å². The fourth-order valence-corrected chi connectivity index (χ4v) is 2.75. The molecule has 0 radical (unpaired) electrons. The molecule has 1 heterocycles. The molecule has 0 atom stereocenters. The minimum Gasteiger partial charge on any atom is -0.248 e. The van der Waals surface area contributed by atoms with Crippen molar-refractivity contribution in [1.82, 2.24) is 4.98 Å². The second kappa shape index (κ2) is 5.59. The van der Waals surface area contributed by atoms with Crippen molar-refractivity contribution in [2.75, 3.05) is 0 Å². The van der Waals surface area contributed by atoms with Crippen molar-refractivity contribution < 1.29 is 0 Å². The van der Waals surface area contributed by atoms with Gasteiger partial charge in [-0.05, 0) is 31.2 Å². The van der Waals surface area contributed by atoms with Crippen LogP contribution in [0.1, 0.15) is 16.7 Å². The first-order chi connectivity index (χ1) is 11.3. The molecule has 3 aromatic carbocycles. The minimum atomic E-state index is 0.986. The Labute approximate surface area is 135 Å². The van der Waals surface area contributed by atoms with E-state index in [0.29, 0.717) is 0 Å². The summed E-state index contributed by atoms with van der Waals surface area (Å²) < 4.78 is 0. The Morgan fingerprint density at radius 3 is 1.83 bits per heavy atom. The van der Waals surface area contributed by atoms with E-state index in [2.05, 4.69) is 55.2 Å². The topological polar surface area (TPSA) is 12.9 Å². The van der Waals surface area contributed by atoms with E-state index in [1.54, 1.807) is 0 Å². The number of pyridine rings is 1. The highest BCUT2D eigenvalue weighted by molar-refractivity contribution is 6.00. The summed E-state index contributed by atoms with van der Waals surface area (Å²) in [5.41, 5.74) is 5.29. The molecule has 0 N–H and O–H groups in total. The van der Waals surface area contributed by atoms with E-state index >= 15 is 0 Å². The first-order valence-corrected chi connectivity index (χ1v) is 7.67. The van der Waals surface area contributed by atoms with Gasteiger partial charge in [0.2, 0.25) is 0 Å². The average Bonchev–Trinajstić information content (AvgIpc) is 2.60. The van der Waals surface area contributed by atoms with Gasteiger partial charge in [-0.3, -0.25) is 0 Å². The first-order valence-electron chi connectivity index (χ1n) is 7.67. The van der Waals surface area contributed by atoms with Crippen LogP contribution in [0.2, 0.25) is 0 Å². The van der Waals surface area contributed by atoms with Crippen molar-refractivity contribution in [2.24, 2.45) is 0 Å². The molecular formula is C22H15N. The van der Waals surface area contributed by atoms with Crippen molar-refractivity contribution >= 4 is 21.8 Å². The maximum Gasteiger partial charge on any atom is 0.0722 e. The Morgan fingerprint density at radius 1 is 0.652 bits per heavy atom. The van der Waals surface area contributed by atoms with E-state index in [1.807, 2.05) is 36.4 Å². The second-order valence-electron chi connectivity index (χ2n) is 5.64. The predicted octanol–water partition coefficient (Wildman–Crippen LogP) is 5.10. The molecule has 4 aromatic rings. The molecule has 108 valence electrons. The number of para-hydroxylation sites is 2. The second-order valence-corrected chi connectivity index (χ2v) is 5.64. The molecule has 0 aliphatic heterocycles. The SMILES string of the molecule is Cc1ccc(C#Cc2c3ccccc3nc3ccccc23)cc1. The monoisotopic (exact) mass is 293 g/mol. The Balaban J connectivity index is 1.98. The number of hydrogen-bond acceptors (Lipinski definition) is 1. The zero-order valence-corrected chi connectivity index (χ0v) is 12.9. The number of fused-ring (bicyclic) bond motifs is 2. The smallest absolute Gasteiger partial charge is 0.0722 e. The normalized spacial score (nSPS) is 10.5. The molecule has 0 aliphatic rings. The molecule has 1 aromatic heterocycles. The summed E-state index contributed by atoms with van der Waals surface area (Å²) in [4.78, 5) is 4.74. The van der Waals surface area contributed by atoms with Crippen molar-refractivity contribution in [3.8, 4) is 11.8 Å². The fraction of sp³-hybridized carbons (Fsp3) is 0.0455. The van der Waals surface area contributed by atoms with Crippen molar-refractivity contribution in [3.05, 3.63) is 89.5 Å². The molecule has 1 heteroatoms. The standard InChI is InChI=1S/C22H15N/c1-16-10-12-17(13-11-16)14-15-18-19-6-2-4-8-21(19)23-22-9-5-3-7-20(18)22/h2-13H,1H3. The summed E-state index contributed by atoms with van der Waals surface area (Å²) in [5, 5.41) is 2.21. The predicted molar refractivity (Wildman–Crippen MR) is 96.4 cm³/mol. The van der Waals surface area contributed by atoms with E-state index in [9.17, 15) is 0 Å². The van der Waals surface area contributed by atoms with Gasteiger partial charge in [0.1, 0.15) is 0 Å². The molecule has 0 aliphatic carbocycles. The van der Waals surface area contributed by atoms with Gasteiger partial charge >= 0.3 is 0 Å². The third kappa shape index (κ3) is 2.56. The molecule has 0 saturated heterocycles. The molecular weight excluding hydrogens is 278 g/mol. The highest BCUT2D eigenvalue weighted by atomic mass is 14.7. The average molecular weight is 293 g/mol. The van der Waals surface area contributed by atoms with Crippen molar-refractivity contribution in [2.45, 2.75) is 6.92 Å². The molecule has 0 amide bonds. The molecule has 0 bridgehead atoms. The summed E-state index contributed by atoms with van der Waals surface area (Å²) in [6.45, 7) is 2.08.